The topological polar surface area (TPSA) is 17.3 Å². The molecule has 1 heterocycles. The molecular formula is C34H44N2. The highest BCUT2D eigenvalue weighted by Crippen LogP contribution is 2.22. The summed E-state index contributed by atoms with van der Waals surface area (Å²) in [5, 5.41) is 3.54. The molecule has 0 aliphatic carbocycles. The molecule has 0 unspecified atom stereocenters. The Morgan fingerprint density at radius 1 is 0.556 bits per heavy atom. The lowest BCUT2D eigenvalue weighted by atomic mass is 10.0. The number of rotatable bonds is 14. The number of aromatic nitrogens is 1. The van der Waals surface area contributed by atoms with Gasteiger partial charge in [0.15, 0.2) is 0 Å². The first-order valence-electron chi connectivity index (χ1n) is 14.4. The second kappa shape index (κ2) is 14.0. The van der Waals surface area contributed by atoms with Crippen LogP contribution in [0.25, 0.3) is 21.8 Å². The number of aryl methyl sites for hydroxylation is 2. The van der Waals surface area contributed by atoms with Crippen molar-refractivity contribution < 1.29 is 0 Å². The van der Waals surface area contributed by atoms with E-state index in [9.17, 15) is 0 Å². The zero-order valence-corrected chi connectivity index (χ0v) is 22.5. The number of para-hydroxylation sites is 2. The van der Waals surface area contributed by atoms with Crippen LogP contribution in [0.4, 0.5) is 5.69 Å². The van der Waals surface area contributed by atoms with E-state index >= 15 is 0 Å². The largest absolute Gasteiger partial charge is 0.340 e. The summed E-state index contributed by atoms with van der Waals surface area (Å²) < 4.78 is 2.52. The smallest absolute Gasteiger partial charge is 0.0823 e. The maximum absolute atomic E-state index is 5.13. The summed E-state index contributed by atoms with van der Waals surface area (Å²) in [6, 6.07) is 26.1. The van der Waals surface area contributed by atoms with Crippen LogP contribution in [0, 0.1) is 6.92 Å². The van der Waals surface area contributed by atoms with Crippen LogP contribution >= 0.6 is 0 Å². The predicted octanol–water partition coefficient (Wildman–Crippen LogP) is 10.0. The molecule has 0 aliphatic heterocycles. The summed E-state index contributed by atoms with van der Waals surface area (Å²) in [7, 11) is 0. The van der Waals surface area contributed by atoms with Gasteiger partial charge in [-0.2, -0.15) is 0 Å². The number of nitrogens with zero attached hydrogens (tertiary/aromatic N) is 2. The van der Waals surface area contributed by atoms with Gasteiger partial charge in [-0.1, -0.05) is 132 Å². The lowest BCUT2D eigenvalue weighted by Gasteiger charge is -2.16. The van der Waals surface area contributed by atoms with E-state index in [1.807, 2.05) is 0 Å². The molecule has 4 aromatic rings. The molecule has 0 radical (unpaired) electrons. The number of hydrogen-bond acceptors (Lipinski definition) is 1. The van der Waals surface area contributed by atoms with Crippen molar-refractivity contribution in [1.82, 2.24) is 4.57 Å². The van der Waals surface area contributed by atoms with E-state index in [2.05, 4.69) is 91.2 Å². The number of unbranched alkanes of at least 4 members (excludes halogenated alkanes) is 11. The molecule has 4 rings (SSSR count). The first-order valence-corrected chi connectivity index (χ1v) is 14.4. The van der Waals surface area contributed by atoms with Gasteiger partial charge < -0.3 is 4.57 Å². The number of hydrogen-bond donors (Lipinski definition) is 0. The molecule has 0 aliphatic rings. The normalized spacial score (nSPS) is 11.4. The molecule has 0 saturated carbocycles. The van der Waals surface area contributed by atoms with Gasteiger partial charge in [0.2, 0.25) is 0 Å². The molecule has 2 heteroatoms. The highest BCUT2D eigenvalue weighted by molar-refractivity contribution is 5.93. The quantitative estimate of drug-likeness (QED) is 0.126. The van der Waals surface area contributed by atoms with Crippen LogP contribution < -0.4 is 5.36 Å². The monoisotopic (exact) mass is 480 g/mol. The van der Waals surface area contributed by atoms with Crippen LogP contribution in [0.1, 0.15) is 89.5 Å². The molecule has 0 spiro atoms. The Balaban J connectivity index is 1.43. The van der Waals surface area contributed by atoms with Crippen molar-refractivity contribution in [3.05, 3.63) is 83.7 Å². The van der Waals surface area contributed by atoms with Gasteiger partial charge in [0.05, 0.1) is 22.1 Å². The van der Waals surface area contributed by atoms with Crippen LogP contribution in [0.5, 0.6) is 0 Å². The molecule has 0 fully saturated rings. The minimum Gasteiger partial charge on any atom is -0.340 e. The first-order chi connectivity index (χ1) is 17.8. The van der Waals surface area contributed by atoms with Crippen LogP contribution in [0.2, 0.25) is 0 Å². The predicted molar refractivity (Wildman–Crippen MR) is 157 cm³/mol. The Kier molecular flexibility index (Phi) is 10.2. The van der Waals surface area contributed by atoms with Crippen molar-refractivity contribution in [3.63, 3.8) is 0 Å². The van der Waals surface area contributed by atoms with Gasteiger partial charge in [0, 0.05) is 17.3 Å². The van der Waals surface area contributed by atoms with Gasteiger partial charge in [-0.25, -0.2) is 4.99 Å². The second-order valence-corrected chi connectivity index (χ2v) is 10.4. The Morgan fingerprint density at radius 3 is 1.56 bits per heavy atom. The third kappa shape index (κ3) is 7.09. The molecule has 36 heavy (non-hydrogen) atoms. The van der Waals surface area contributed by atoms with Crippen LogP contribution in [0.3, 0.4) is 0 Å². The van der Waals surface area contributed by atoms with Gasteiger partial charge in [-0.3, -0.25) is 0 Å². The van der Waals surface area contributed by atoms with Crippen molar-refractivity contribution in [2.75, 3.05) is 0 Å². The first kappa shape index (κ1) is 26.2. The van der Waals surface area contributed by atoms with E-state index in [0.29, 0.717) is 0 Å². The fourth-order valence-corrected chi connectivity index (χ4v) is 5.31. The molecule has 190 valence electrons. The zero-order valence-electron chi connectivity index (χ0n) is 22.5. The standard InChI is InChI=1S/C34H44N2/c1-3-4-5-6-7-8-9-10-11-12-13-18-27-36-32-21-16-14-19-30(32)34(31-20-15-17-22-33(31)36)35-29-25-23-28(2)24-26-29/h14-17,19-26H,3-13,18,27H2,1-2H3. The average Bonchev–Trinajstić information content (AvgIpc) is 2.91. The fraction of sp³-hybridized carbons (Fsp3) is 0.441. The molecule has 0 N–H and O–H groups in total. The number of pyridine rings is 1. The Bertz CT molecular complexity index is 1220. The summed E-state index contributed by atoms with van der Waals surface area (Å²) in [5.41, 5.74) is 4.84. The van der Waals surface area contributed by atoms with E-state index in [1.54, 1.807) is 0 Å². The van der Waals surface area contributed by atoms with Gasteiger partial charge >= 0.3 is 0 Å². The zero-order chi connectivity index (χ0) is 25.0. The maximum atomic E-state index is 5.13. The lowest BCUT2D eigenvalue weighted by Crippen LogP contribution is -2.13. The van der Waals surface area contributed by atoms with Crippen LogP contribution in [-0.4, -0.2) is 4.57 Å². The molecule has 0 bridgehead atoms. The highest BCUT2D eigenvalue weighted by Gasteiger charge is 2.09. The molecule has 0 atom stereocenters. The Morgan fingerprint density at radius 2 is 1.03 bits per heavy atom. The number of benzene rings is 3. The lowest BCUT2D eigenvalue weighted by molar-refractivity contribution is 0.533. The number of fused-ring (bicyclic) bond motifs is 2. The van der Waals surface area contributed by atoms with Crippen molar-refractivity contribution >= 4 is 27.5 Å². The average molecular weight is 481 g/mol. The van der Waals surface area contributed by atoms with Gasteiger partial charge in [0.1, 0.15) is 0 Å². The minimum atomic E-state index is 1.01. The summed E-state index contributed by atoms with van der Waals surface area (Å²) in [6.45, 7) is 5.47. The van der Waals surface area contributed by atoms with E-state index < -0.39 is 0 Å². The molecular weight excluding hydrogens is 436 g/mol. The van der Waals surface area contributed by atoms with Gasteiger partial charge in [0.25, 0.3) is 0 Å². The molecule has 0 saturated heterocycles. The van der Waals surface area contributed by atoms with Crippen molar-refractivity contribution in [2.24, 2.45) is 4.99 Å². The molecule has 0 amide bonds. The highest BCUT2D eigenvalue weighted by atomic mass is 15.0. The van der Waals surface area contributed by atoms with Gasteiger partial charge in [-0.15, -0.1) is 0 Å². The SMILES string of the molecule is CCCCCCCCCCCCCCn1c2ccccc2c(=Nc2ccc(C)cc2)c2ccccc21. The minimum absolute atomic E-state index is 1.01. The van der Waals surface area contributed by atoms with Crippen molar-refractivity contribution in [3.8, 4) is 0 Å². The summed E-state index contributed by atoms with van der Waals surface area (Å²) >= 11 is 0. The van der Waals surface area contributed by atoms with Crippen LogP contribution in [0.15, 0.2) is 77.8 Å². The van der Waals surface area contributed by atoms with Crippen molar-refractivity contribution in [1.29, 1.82) is 0 Å². The van der Waals surface area contributed by atoms with E-state index in [4.69, 9.17) is 4.99 Å². The molecule has 3 aromatic carbocycles. The fourth-order valence-electron chi connectivity index (χ4n) is 5.31. The summed E-state index contributed by atoms with van der Waals surface area (Å²) in [5.74, 6) is 0. The van der Waals surface area contributed by atoms with E-state index in [0.717, 1.165) is 17.6 Å². The van der Waals surface area contributed by atoms with E-state index in [1.165, 1.54) is 104 Å². The molecule has 1 aromatic heterocycles. The summed E-state index contributed by atoms with van der Waals surface area (Å²) in [4.78, 5) is 5.13. The summed E-state index contributed by atoms with van der Waals surface area (Å²) in [6.07, 6.45) is 16.6. The third-order valence-corrected chi connectivity index (χ3v) is 7.41. The Labute approximate surface area is 218 Å². The van der Waals surface area contributed by atoms with Crippen LogP contribution in [-0.2, 0) is 6.54 Å². The van der Waals surface area contributed by atoms with E-state index in [-0.39, 0.29) is 0 Å². The van der Waals surface area contributed by atoms with Gasteiger partial charge in [-0.05, 0) is 37.6 Å². The second-order valence-electron chi connectivity index (χ2n) is 10.4. The maximum Gasteiger partial charge on any atom is 0.0823 e. The van der Waals surface area contributed by atoms with Crippen molar-refractivity contribution in [2.45, 2.75) is 97.4 Å². The third-order valence-electron chi connectivity index (χ3n) is 7.41. The molecule has 2 nitrogen and oxygen atoms in total. The Hall–Kier alpha value is -2.87.